The molecular weight excluding hydrogens is 414 g/mol. The number of fused-ring (bicyclic) bond motifs is 2. The second-order valence-electron chi connectivity index (χ2n) is 9.63. The van der Waals surface area contributed by atoms with Crippen LogP contribution in [0.25, 0.3) is 0 Å². The highest BCUT2D eigenvalue weighted by Gasteiger charge is 2.51. The maximum Gasteiger partial charge on any atom is 0.250 e. The van der Waals surface area contributed by atoms with Gasteiger partial charge in [0.15, 0.2) is 0 Å². The summed E-state index contributed by atoms with van der Waals surface area (Å²) in [5, 5.41) is 3.60. The van der Waals surface area contributed by atoms with Crippen molar-refractivity contribution in [1.82, 2.24) is 4.90 Å². The van der Waals surface area contributed by atoms with Gasteiger partial charge in [-0.05, 0) is 56.9 Å². The van der Waals surface area contributed by atoms with E-state index in [0.29, 0.717) is 0 Å². The van der Waals surface area contributed by atoms with Crippen molar-refractivity contribution in [3.63, 3.8) is 0 Å². The smallest absolute Gasteiger partial charge is 0.250 e. The van der Waals surface area contributed by atoms with Gasteiger partial charge in [0.1, 0.15) is 6.04 Å². The molecule has 2 fully saturated rings. The first-order valence-corrected chi connectivity index (χ1v) is 12.1. The van der Waals surface area contributed by atoms with Crippen molar-refractivity contribution >= 4 is 29.1 Å². The van der Waals surface area contributed by atoms with Crippen molar-refractivity contribution < 1.29 is 14.4 Å². The number of para-hydroxylation sites is 2. The van der Waals surface area contributed by atoms with Crippen LogP contribution in [0, 0.1) is 11.8 Å². The predicted molar refractivity (Wildman–Crippen MR) is 128 cm³/mol. The normalized spacial score (nSPS) is 27.7. The zero-order chi connectivity index (χ0) is 23.1. The number of nitrogens with one attached hydrogen (secondary N) is 1. The van der Waals surface area contributed by atoms with Gasteiger partial charge in [-0.2, -0.15) is 0 Å². The van der Waals surface area contributed by atoms with E-state index in [9.17, 15) is 14.4 Å². The van der Waals surface area contributed by atoms with E-state index in [1.807, 2.05) is 61.5 Å². The average Bonchev–Trinajstić information content (AvgIpc) is 3.09. The second-order valence-corrected chi connectivity index (χ2v) is 9.63. The zero-order valence-corrected chi connectivity index (χ0v) is 19.2. The fraction of sp³-hybridized carbons (Fsp3) is 0.444. The first-order chi connectivity index (χ1) is 16.0. The number of hydrogen-bond acceptors (Lipinski definition) is 4. The summed E-state index contributed by atoms with van der Waals surface area (Å²) in [5.74, 6) is -0.994. The summed E-state index contributed by atoms with van der Waals surface area (Å²) in [7, 11) is 0. The maximum absolute atomic E-state index is 13.8. The minimum absolute atomic E-state index is 0.0656. The number of rotatable bonds is 4. The number of imide groups is 1. The number of carbonyl (C=O) groups is 3. The summed E-state index contributed by atoms with van der Waals surface area (Å²) in [5.41, 5.74) is 2.93. The number of hydrogen-bond donors (Lipinski definition) is 1. The van der Waals surface area contributed by atoms with Gasteiger partial charge in [0.05, 0.1) is 17.9 Å². The summed E-state index contributed by atoms with van der Waals surface area (Å²) in [6.07, 6.45) is 4.19. The SMILES string of the molecule is C[C@@H]1C[C@@H](Nc2ccccc2)c2ccccc2N1C(=O)[C@H](C)N1C(=O)[C@H]2CCCC[C@@H]2C1=O. The molecule has 2 aromatic rings. The number of carbonyl (C=O) groups excluding carboxylic acids is 3. The van der Waals surface area contributed by atoms with Gasteiger partial charge in [-0.3, -0.25) is 19.3 Å². The zero-order valence-electron chi connectivity index (χ0n) is 19.2. The first-order valence-electron chi connectivity index (χ1n) is 12.1. The van der Waals surface area contributed by atoms with Crippen LogP contribution in [0.1, 0.15) is 57.6 Å². The molecule has 1 saturated carbocycles. The molecule has 5 atom stereocenters. The van der Waals surface area contributed by atoms with Gasteiger partial charge in [-0.15, -0.1) is 0 Å². The van der Waals surface area contributed by atoms with Crippen LogP contribution in [-0.2, 0) is 14.4 Å². The molecule has 1 saturated heterocycles. The topological polar surface area (TPSA) is 69.7 Å². The Balaban J connectivity index is 1.42. The molecule has 3 amide bonds. The summed E-state index contributed by atoms with van der Waals surface area (Å²) in [6.45, 7) is 3.74. The Morgan fingerprint density at radius 1 is 0.939 bits per heavy atom. The molecule has 2 aliphatic heterocycles. The predicted octanol–water partition coefficient (Wildman–Crippen LogP) is 4.53. The van der Waals surface area contributed by atoms with Crippen molar-refractivity contribution in [3.8, 4) is 0 Å². The van der Waals surface area contributed by atoms with E-state index in [1.54, 1.807) is 11.8 Å². The molecule has 6 heteroatoms. The van der Waals surface area contributed by atoms with Crippen LogP contribution in [0.4, 0.5) is 11.4 Å². The molecule has 0 unspecified atom stereocenters. The molecule has 0 radical (unpaired) electrons. The lowest BCUT2D eigenvalue weighted by Crippen LogP contribution is -2.54. The Morgan fingerprint density at radius 2 is 1.55 bits per heavy atom. The van der Waals surface area contributed by atoms with Crippen molar-refractivity contribution in [2.24, 2.45) is 11.8 Å². The van der Waals surface area contributed by atoms with Crippen LogP contribution >= 0.6 is 0 Å². The van der Waals surface area contributed by atoms with E-state index in [1.165, 1.54) is 4.90 Å². The molecule has 0 aromatic heterocycles. The van der Waals surface area contributed by atoms with E-state index >= 15 is 0 Å². The number of nitrogens with zero attached hydrogens (tertiary/aromatic N) is 2. The molecule has 2 heterocycles. The van der Waals surface area contributed by atoms with Crippen LogP contribution in [0.3, 0.4) is 0 Å². The molecule has 6 nitrogen and oxygen atoms in total. The van der Waals surface area contributed by atoms with Crippen LogP contribution in [0.2, 0.25) is 0 Å². The molecule has 33 heavy (non-hydrogen) atoms. The van der Waals surface area contributed by atoms with E-state index in [2.05, 4.69) is 5.32 Å². The largest absolute Gasteiger partial charge is 0.378 e. The molecule has 172 valence electrons. The summed E-state index contributed by atoms with van der Waals surface area (Å²) >= 11 is 0. The quantitative estimate of drug-likeness (QED) is 0.702. The summed E-state index contributed by atoms with van der Waals surface area (Å²) < 4.78 is 0. The lowest BCUT2D eigenvalue weighted by atomic mass is 9.81. The number of anilines is 2. The highest BCUT2D eigenvalue weighted by atomic mass is 16.2. The van der Waals surface area contributed by atoms with Crippen molar-refractivity contribution in [2.75, 3.05) is 10.2 Å². The minimum atomic E-state index is -0.801. The van der Waals surface area contributed by atoms with Gasteiger partial charge < -0.3 is 10.2 Å². The summed E-state index contributed by atoms with van der Waals surface area (Å²) in [4.78, 5) is 43.0. The van der Waals surface area contributed by atoms with Crippen molar-refractivity contribution in [1.29, 1.82) is 0 Å². The van der Waals surface area contributed by atoms with Gasteiger partial charge >= 0.3 is 0 Å². The van der Waals surface area contributed by atoms with E-state index in [4.69, 9.17) is 0 Å². The molecule has 5 rings (SSSR count). The van der Waals surface area contributed by atoms with Gasteiger partial charge in [-0.25, -0.2) is 0 Å². The van der Waals surface area contributed by atoms with Crippen molar-refractivity contribution in [2.45, 2.75) is 64.1 Å². The molecular formula is C27H31N3O3. The van der Waals surface area contributed by atoms with E-state index in [0.717, 1.165) is 49.0 Å². The lowest BCUT2D eigenvalue weighted by Gasteiger charge is -2.41. The monoisotopic (exact) mass is 445 g/mol. The lowest BCUT2D eigenvalue weighted by molar-refractivity contribution is -0.146. The Bertz CT molecular complexity index is 1050. The Hall–Kier alpha value is -3.15. The van der Waals surface area contributed by atoms with Crippen LogP contribution in [0.5, 0.6) is 0 Å². The van der Waals surface area contributed by atoms with Gasteiger partial charge in [0.2, 0.25) is 17.7 Å². The van der Waals surface area contributed by atoms with Gasteiger partial charge in [-0.1, -0.05) is 49.2 Å². The van der Waals surface area contributed by atoms with Gasteiger partial charge in [0.25, 0.3) is 0 Å². The Labute approximate surface area is 194 Å². The molecule has 3 aliphatic rings. The first kappa shape index (κ1) is 21.7. The summed E-state index contributed by atoms with van der Waals surface area (Å²) in [6, 6.07) is 17.2. The highest BCUT2D eigenvalue weighted by Crippen LogP contribution is 2.42. The van der Waals surface area contributed by atoms with Crippen LogP contribution in [0.15, 0.2) is 54.6 Å². The fourth-order valence-electron chi connectivity index (χ4n) is 5.90. The number of likely N-dealkylation sites (tertiary alicyclic amines) is 1. The third-order valence-corrected chi connectivity index (χ3v) is 7.56. The maximum atomic E-state index is 13.8. The van der Waals surface area contributed by atoms with Crippen LogP contribution < -0.4 is 10.2 Å². The van der Waals surface area contributed by atoms with E-state index in [-0.39, 0.29) is 41.6 Å². The highest BCUT2D eigenvalue weighted by molar-refractivity contribution is 6.10. The molecule has 1 aliphatic carbocycles. The number of amides is 3. The van der Waals surface area contributed by atoms with E-state index < -0.39 is 6.04 Å². The third-order valence-electron chi connectivity index (χ3n) is 7.56. The minimum Gasteiger partial charge on any atom is -0.378 e. The Kier molecular flexibility index (Phi) is 5.69. The molecule has 0 spiro atoms. The molecule has 1 N–H and O–H groups in total. The Morgan fingerprint density at radius 3 is 2.21 bits per heavy atom. The standard InChI is InChI=1S/C27H31N3O3/c1-17-16-23(28-19-10-4-3-5-11-19)22-14-8-9-15-24(22)29(17)25(31)18(2)30-26(32)20-12-6-7-13-21(20)27(30)33/h3-5,8-11,14-15,17-18,20-21,23,28H,6-7,12-13,16H2,1-2H3/t17-,18+,20+,21+,23-/m1/s1. The third kappa shape index (κ3) is 3.71. The fourth-order valence-corrected chi connectivity index (χ4v) is 5.90. The molecule has 2 aromatic carbocycles. The van der Waals surface area contributed by atoms with Crippen molar-refractivity contribution in [3.05, 3.63) is 60.2 Å². The average molecular weight is 446 g/mol. The number of benzene rings is 2. The molecule has 0 bridgehead atoms. The second kappa shape index (κ2) is 8.65. The van der Waals surface area contributed by atoms with Gasteiger partial charge in [0, 0.05) is 17.4 Å². The van der Waals surface area contributed by atoms with Crippen LogP contribution in [-0.4, -0.2) is 34.7 Å².